The summed E-state index contributed by atoms with van der Waals surface area (Å²) in [6, 6.07) is 11.6. The monoisotopic (exact) mass is 268 g/mol. The van der Waals surface area contributed by atoms with Crippen molar-refractivity contribution in [2.24, 2.45) is 0 Å². The van der Waals surface area contributed by atoms with Crippen molar-refractivity contribution in [2.45, 2.75) is 19.8 Å². The lowest BCUT2D eigenvalue weighted by Crippen LogP contribution is -2.08. The highest BCUT2D eigenvalue weighted by atomic mass is 16.5. The van der Waals surface area contributed by atoms with Gasteiger partial charge in [-0.05, 0) is 24.1 Å². The van der Waals surface area contributed by atoms with Gasteiger partial charge in [0.1, 0.15) is 11.3 Å². The minimum atomic E-state index is -0.261. The van der Waals surface area contributed by atoms with Gasteiger partial charge in [-0.25, -0.2) is 4.79 Å². The second-order valence-corrected chi connectivity index (χ2v) is 5.18. The topological polar surface area (TPSA) is 39.4 Å². The summed E-state index contributed by atoms with van der Waals surface area (Å²) in [6.45, 7) is 3.98. The summed E-state index contributed by atoms with van der Waals surface area (Å²) in [4.78, 5) is 12.1. The smallest absolute Gasteiger partial charge is 0.339 e. The third-order valence-corrected chi connectivity index (χ3v) is 3.59. The average Bonchev–Trinajstić information content (AvgIpc) is 2.45. The lowest BCUT2D eigenvalue weighted by Gasteiger charge is -2.09. The summed E-state index contributed by atoms with van der Waals surface area (Å²) >= 11 is 0. The van der Waals surface area contributed by atoms with E-state index in [9.17, 15) is 4.79 Å². The Morgan fingerprint density at radius 1 is 1.10 bits per heavy atom. The summed E-state index contributed by atoms with van der Waals surface area (Å²) < 4.78 is 10.9. The van der Waals surface area contributed by atoms with Gasteiger partial charge >= 0.3 is 5.63 Å². The van der Waals surface area contributed by atoms with Gasteiger partial charge in [-0.15, -0.1) is 0 Å². The van der Waals surface area contributed by atoms with Gasteiger partial charge in [-0.1, -0.05) is 32.0 Å². The third kappa shape index (κ3) is 1.86. The minimum absolute atomic E-state index is 0.150. The molecule has 1 aromatic heterocycles. The molecule has 0 saturated carbocycles. The van der Waals surface area contributed by atoms with Crippen LogP contribution in [0.4, 0.5) is 0 Å². The Morgan fingerprint density at radius 3 is 2.60 bits per heavy atom. The molecule has 0 spiro atoms. The van der Waals surface area contributed by atoms with Crippen LogP contribution in [0.5, 0.6) is 5.75 Å². The molecule has 0 atom stereocenters. The molecule has 0 N–H and O–H groups in total. The molecule has 0 saturated heterocycles. The highest BCUT2D eigenvalue weighted by Crippen LogP contribution is 2.31. The molecule has 0 bridgehead atoms. The van der Waals surface area contributed by atoms with Crippen molar-refractivity contribution in [3.8, 4) is 5.75 Å². The molecule has 0 amide bonds. The van der Waals surface area contributed by atoms with E-state index in [0.717, 1.165) is 21.9 Å². The Kier molecular flexibility index (Phi) is 2.97. The molecule has 20 heavy (non-hydrogen) atoms. The van der Waals surface area contributed by atoms with E-state index in [1.165, 1.54) is 0 Å². The highest BCUT2D eigenvalue weighted by Gasteiger charge is 2.12. The van der Waals surface area contributed by atoms with Crippen molar-refractivity contribution in [1.29, 1.82) is 0 Å². The van der Waals surface area contributed by atoms with Crippen LogP contribution in [0.2, 0.25) is 0 Å². The fourth-order valence-corrected chi connectivity index (χ4v) is 2.50. The van der Waals surface area contributed by atoms with Crippen LogP contribution >= 0.6 is 0 Å². The van der Waals surface area contributed by atoms with Crippen LogP contribution in [-0.4, -0.2) is 7.11 Å². The highest BCUT2D eigenvalue weighted by molar-refractivity contribution is 6.06. The Hall–Kier alpha value is -2.29. The third-order valence-electron chi connectivity index (χ3n) is 3.59. The summed E-state index contributed by atoms with van der Waals surface area (Å²) in [7, 11) is 1.64. The van der Waals surface area contributed by atoms with Crippen molar-refractivity contribution >= 4 is 21.7 Å². The number of hydrogen-bond acceptors (Lipinski definition) is 3. The van der Waals surface area contributed by atoms with Gasteiger partial charge in [0.25, 0.3) is 0 Å². The molecule has 1 heterocycles. The van der Waals surface area contributed by atoms with Crippen LogP contribution in [0, 0.1) is 0 Å². The molecule has 2 aromatic carbocycles. The number of methoxy groups -OCH3 is 1. The van der Waals surface area contributed by atoms with Crippen LogP contribution in [-0.2, 0) is 0 Å². The van der Waals surface area contributed by atoms with Gasteiger partial charge in [0, 0.05) is 21.7 Å². The zero-order valence-corrected chi connectivity index (χ0v) is 11.8. The fraction of sp³-hybridized carbons (Fsp3) is 0.235. The number of fused-ring (bicyclic) bond motifs is 3. The maximum absolute atomic E-state index is 12.1. The number of ether oxygens (including phenoxy) is 1. The molecule has 0 fully saturated rings. The van der Waals surface area contributed by atoms with Crippen LogP contribution in [0.15, 0.2) is 45.6 Å². The van der Waals surface area contributed by atoms with Crippen LogP contribution < -0.4 is 10.4 Å². The Morgan fingerprint density at radius 2 is 1.90 bits per heavy atom. The Bertz CT molecular complexity index is 844. The quantitative estimate of drug-likeness (QED) is 0.519. The predicted octanol–water partition coefficient (Wildman–Crippen LogP) is 4.08. The van der Waals surface area contributed by atoms with Gasteiger partial charge < -0.3 is 9.15 Å². The molecule has 0 aliphatic carbocycles. The SMILES string of the molecule is COc1cccc2c1ccc1cc(C(C)C)c(=O)oc12. The molecular formula is C17H16O3. The summed E-state index contributed by atoms with van der Waals surface area (Å²) in [5.41, 5.74) is 1.07. The van der Waals surface area contributed by atoms with Crippen molar-refractivity contribution in [2.75, 3.05) is 7.11 Å². The summed E-state index contributed by atoms with van der Waals surface area (Å²) in [5.74, 6) is 0.927. The molecular weight excluding hydrogens is 252 g/mol. The lowest BCUT2D eigenvalue weighted by molar-refractivity contribution is 0.420. The van der Waals surface area contributed by atoms with E-state index in [-0.39, 0.29) is 11.5 Å². The van der Waals surface area contributed by atoms with Gasteiger partial charge in [0.2, 0.25) is 0 Å². The van der Waals surface area contributed by atoms with Crippen molar-refractivity contribution in [1.82, 2.24) is 0 Å². The van der Waals surface area contributed by atoms with Crippen molar-refractivity contribution < 1.29 is 9.15 Å². The van der Waals surface area contributed by atoms with E-state index in [4.69, 9.17) is 9.15 Å². The fourth-order valence-electron chi connectivity index (χ4n) is 2.50. The van der Waals surface area contributed by atoms with Crippen LogP contribution in [0.1, 0.15) is 25.3 Å². The molecule has 0 unspecified atom stereocenters. The van der Waals surface area contributed by atoms with Crippen LogP contribution in [0.3, 0.4) is 0 Å². The summed E-state index contributed by atoms with van der Waals surface area (Å²) in [6.07, 6.45) is 0. The summed E-state index contributed by atoms with van der Waals surface area (Å²) in [5, 5.41) is 2.78. The zero-order chi connectivity index (χ0) is 14.3. The molecule has 3 rings (SSSR count). The minimum Gasteiger partial charge on any atom is -0.496 e. The second-order valence-electron chi connectivity index (χ2n) is 5.18. The standard InChI is InChI=1S/C17H16O3/c1-10(2)14-9-11-7-8-12-13(16(11)20-17(14)18)5-4-6-15(12)19-3/h4-10H,1-3H3. The Labute approximate surface area is 116 Å². The molecule has 0 aliphatic heterocycles. The first-order chi connectivity index (χ1) is 9.61. The molecule has 3 heteroatoms. The van der Waals surface area contributed by atoms with E-state index in [1.807, 2.05) is 50.2 Å². The first-order valence-corrected chi connectivity index (χ1v) is 6.65. The predicted molar refractivity (Wildman–Crippen MR) is 80.6 cm³/mol. The van der Waals surface area contributed by atoms with Crippen LogP contribution in [0.25, 0.3) is 21.7 Å². The lowest BCUT2D eigenvalue weighted by atomic mass is 10.0. The maximum Gasteiger partial charge on any atom is 0.339 e. The first kappa shape index (κ1) is 12.7. The first-order valence-electron chi connectivity index (χ1n) is 6.65. The van der Waals surface area contributed by atoms with E-state index >= 15 is 0 Å². The Balaban J connectivity index is 2.43. The van der Waals surface area contributed by atoms with E-state index < -0.39 is 0 Å². The molecule has 0 radical (unpaired) electrons. The largest absolute Gasteiger partial charge is 0.496 e. The number of hydrogen-bond donors (Lipinski definition) is 0. The molecule has 3 aromatic rings. The molecule has 102 valence electrons. The average molecular weight is 268 g/mol. The number of rotatable bonds is 2. The second kappa shape index (κ2) is 4.67. The van der Waals surface area contributed by atoms with Gasteiger partial charge in [0.15, 0.2) is 0 Å². The van der Waals surface area contributed by atoms with Crippen molar-refractivity contribution in [3.63, 3.8) is 0 Å². The van der Waals surface area contributed by atoms with E-state index in [0.29, 0.717) is 11.1 Å². The van der Waals surface area contributed by atoms with Gasteiger partial charge in [-0.2, -0.15) is 0 Å². The van der Waals surface area contributed by atoms with E-state index in [1.54, 1.807) is 7.11 Å². The normalized spacial score (nSPS) is 11.4. The molecule has 0 aliphatic rings. The van der Waals surface area contributed by atoms with Gasteiger partial charge in [-0.3, -0.25) is 0 Å². The number of benzene rings is 2. The zero-order valence-electron chi connectivity index (χ0n) is 11.8. The van der Waals surface area contributed by atoms with Gasteiger partial charge in [0.05, 0.1) is 7.11 Å². The van der Waals surface area contributed by atoms with Crippen molar-refractivity contribution in [3.05, 3.63) is 52.4 Å². The molecule has 3 nitrogen and oxygen atoms in total. The van der Waals surface area contributed by atoms with E-state index in [2.05, 4.69) is 0 Å². The maximum atomic E-state index is 12.1.